The molecule has 1 aromatic rings. The highest BCUT2D eigenvalue weighted by Gasteiger charge is 2.28. The molecule has 0 spiro atoms. The van der Waals surface area contributed by atoms with Crippen LogP contribution in [0.15, 0.2) is 4.90 Å². The van der Waals surface area contributed by atoms with Gasteiger partial charge >= 0.3 is 0 Å². The van der Waals surface area contributed by atoms with Crippen molar-refractivity contribution in [2.45, 2.75) is 59.4 Å². The molecule has 1 rings (SSSR count). The van der Waals surface area contributed by atoms with Crippen LogP contribution in [0.5, 0.6) is 0 Å². The van der Waals surface area contributed by atoms with Gasteiger partial charge in [-0.05, 0) is 76.3 Å². The van der Waals surface area contributed by atoms with Gasteiger partial charge in [-0.1, -0.05) is 0 Å². The molecule has 6 heteroatoms. The number of benzene rings is 1. The van der Waals surface area contributed by atoms with Crippen LogP contribution in [0.4, 0.5) is 0 Å². The van der Waals surface area contributed by atoms with Gasteiger partial charge in [0.25, 0.3) is 0 Å². The molecule has 1 amide bonds. The highest BCUT2D eigenvalue weighted by atomic mass is 32.2. The van der Waals surface area contributed by atoms with Crippen LogP contribution in [0.1, 0.15) is 41.7 Å². The summed E-state index contributed by atoms with van der Waals surface area (Å²) in [5.74, 6) is -0.304. The molecule has 0 aromatic heterocycles. The summed E-state index contributed by atoms with van der Waals surface area (Å²) < 4.78 is 27.0. The standard InChI is InChI=1S/C17H28N2O3S/c1-10(2)18-16(20)9-19(8)23(21,22)17-14(6)12(4)11(3)13(5)15(17)7/h10H,9H2,1-8H3,(H,18,20). The monoisotopic (exact) mass is 340 g/mol. The van der Waals surface area contributed by atoms with E-state index in [4.69, 9.17) is 0 Å². The third-order valence-electron chi connectivity index (χ3n) is 4.42. The normalized spacial score (nSPS) is 12.1. The first-order valence-corrected chi connectivity index (χ1v) is 9.17. The first-order valence-electron chi connectivity index (χ1n) is 7.73. The summed E-state index contributed by atoms with van der Waals surface area (Å²) in [5, 5.41) is 2.71. The second-order valence-electron chi connectivity index (χ2n) is 6.44. The predicted molar refractivity (Wildman–Crippen MR) is 93.2 cm³/mol. The second-order valence-corrected chi connectivity index (χ2v) is 8.42. The fraction of sp³-hybridized carbons (Fsp3) is 0.588. The maximum absolute atomic E-state index is 13.0. The fourth-order valence-corrected chi connectivity index (χ4v) is 4.34. The first kappa shape index (κ1) is 19.6. The first-order chi connectivity index (χ1) is 10.4. The molecule has 0 radical (unpaired) electrons. The van der Waals surface area contributed by atoms with Crippen LogP contribution in [-0.2, 0) is 14.8 Å². The maximum atomic E-state index is 13.0. The average Bonchev–Trinajstić information content (AvgIpc) is 2.41. The summed E-state index contributed by atoms with van der Waals surface area (Å²) in [5.41, 5.74) is 4.57. The zero-order chi connectivity index (χ0) is 18.1. The van der Waals surface area contributed by atoms with Gasteiger partial charge in [-0.2, -0.15) is 4.31 Å². The van der Waals surface area contributed by atoms with Gasteiger partial charge < -0.3 is 5.32 Å². The zero-order valence-electron chi connectivity index (χ0n) is 15.4. The lowest BCUT2D eigenvalue weighted by Gasteiger charge is -2.23. The Kier molecular flexibility index (Phi) is 5.99. The molecular formula is C17H28N2O3S. The van der Waals surface area contributed by atoms with E-state index in [1.54, 1.807) is 0 Å². The molecule has 0 fully saturated rings. The highest BCUT2D eigenvalue weighted by Crippen LogP contribution is 2.31. The number of hydrogen-bond donors (Lipinski definition) is 1. The van der Waals surface area contributed by atoms with Gasteiger partial charge in [0.2, 0.25) is 15.9 Å². The largest absolute Gasteiger partial charge is 0.353 e. The lowest BCUT2D eigenvalue weighted by Crippen LogP contribution is -2.41. The van der Waals surface area contributed by atoms with Crippen molar-refractivity contribution in [2.24, 2.45) is 0 Å². The number of carbonyl (C=O) groups is 1. The van der Waals surface area contributed by atoms with Crippen LogP contribution in [-0.4, -0.2) is 38.3 Å². The summed E-state index contributed by atoms with van der Waals surface area (Å²) >= 11 is 0. The van der Waals surface area contributed by atoms with Crippen molar-refractivity contribution in [1.29, 1.82) is 0 Å². The summed E-state index contributed by atoms with van der Waals surface area (Å²) in [6.07, 6.45) is 0. The Morgan fingerprint density at radius 1 is 0.957 bits per heavy atom. The number of likely N-dealkylation sites (N-methyl/N-ethyl adjacent to an activating group) is 1. The fourth-order valence-electron chi connectivity index (χ4n) is 2.66. The maximum Gasteiger partial charge on any atom is 0.243 e. The van der Waals surface area contributed by atoms with E-state index in [1.165, 1.54) is 7.05 Å². The molecule has 130 valence electrons. The Hall–Kier alpha value is -1.40. The summed E-state index contributed by atoms with van der Waals surface area (Å²) in [6, 6.07) is -0.0223. The molecule has 1 aromatic carbocycles. The van der Waals surface area contributed by atoms with E-state index in [9.17, 15) is 13.2 Å². The molecule has 5 nitrogen and oxygen atoms in total. The second kappa shape index (κ2) is 7.01. The highest BCUT2D eigenvalue weighted by molar-refractivity contribution is 7.89. The number of nitrogens with zero attached hydrogens (tertiary/aromatic N) is 1. The van der Waals surface area contributed by atoms with Crippen LogP contribution in [0.2, 0.25) is 0 Å². The van der Waals surface area contributed by atoms with Crippen LogP contribution in [0.25, 0.3) is 0 Å². The van der Waals surface area contributed by atoms with E-state index in [-0.39, 0.29) is 18.5 Å². The van der Waals surface area contributed by atoms with Gasteiger partial charge in [-0.3, -0.25) is 4.79 Å². The molecule has 0 bridgehead atoms. The molecule has 0 unspecified atom stereocenters. The molecule has 0 aliphatic heterocycles. The lowest BCUT2D eigenvalue weighted by molar-refractivity contribution is -0.121. The minimum Gasteiger partial charge on any atom is -0.353 e. The van der Waals surface area contributed by atoms with E-state index in [0.29, 0.717) is 4.90 Å². The molecule has 0 heterocycles. The predicted octanol–water partition coefficient (Wildman–Crippen LogP) is 2.37. The van der Waals surface area contributed by atoms with Gasteiger partial charge in [-0.25, -0.2) is 8.42 Å². The van der Waals surface area contributed by atoms with Gasteiger partial charge in [0, 0.05) is 13.1 Å². The average molecular weight is 340 g/mol. The minimum atomic E-state index is -3.72. The zero-order valence-corrected chi connectivity index (χ0v) is 16.2. The molecule has 0 atom stereocenters. The van der Waals surface area contributed by atoms with E-state index < -0.39 is 10.0 Å². The molecule has 0 saturated carbocycles. The van der Waals surface area contributed by atoms with E-state index in [1.807, 2.05) is 48.5 Å². The molecule has 0 saturated heterocycles. The molecule has 23 heavy (non-hydrogen) atoms. The Labute approximate surface area is 140 Å². The number of nitrogens with one attached hydrogen (secondary N) is 1. The number of hydrogen-bond acceptors (Lipinski definition) is 3. The van der Waals surface area contributed by atoms with Gasteiger partial charge in [0.1, 0.15) is 0 Å². The summed E-state index contributed by atoms with van der Waals surface area (Å²) in [4.78, 5) is 12.2. The van der Waals surface area contributed by atoms with Crippen LogP contribution < -0.4 is 5.32 Å². The Balaban J connectivity index is 3.32. The Bertz CT molecular complexity index is 693. The van der Waals surface area contributed by atoms with Gasteiger partial charge in [-0.15, -0.1) is 0 Å². The summed E-state index contributed by atoms with van der Waals surface area (Å²) in [6.45, 7) is 13.0. The van der Waals surface area contributed by atoms with E-state index in [0.717, 1.165) is 32.1 Å². The van der Waals surface area contributed by atoms with E-state index >= 15 is 0 Å². The van der Waals surface area contributed by atoms with Crippen LogP contribution in [0, 0.1) is 34.6 Å². The minimum absolute atomic E-state index is 0.0223. The Morgan fingerprint density at radius 3 is 1.74 bits per heavy atom. The quantitative estimate of drug-likeness (QED) is 0.895. The third-order valence-corrected chi connectivity index (χ3v) is 6.49. The van der Waals surface area contributed by atoms with Crippen molar-refractivity contribution in [1.82, 2.24) is 9.62 Å². The van der Waals surface area contributed by atoms with Gasteiger partial charge in [0.05, 0.1) is 11.4 Å². The SMILES string of the molecule is Cc1c(C)c(C)c(S(=O)(=O)N(C)CC(=O)NC(C)C)c(C)c1C. The molecule has 0 aliphatic carbocycles. The lowest BCUT2D eigenvalue weighted by atomic mass is 9.95. The smallest absolute Gasteiger partial charge is 0.243 e. The topological polar surface area (TPSA) is 66.5 Å². The van der Waals surface area contributed by atoms with Crippen molar-refractivity contribution < 1.29 is 13.2 Å². The van der Waals surface area contributed by atoms with Crippen LogP contribution in [0.3, 0.4) is 0 Å². The molecule has 1 N–H and O–H groups in total. The summed E-state index contributed by atoms with van der Waals surface area (Å²) in [7, 11) is -2.28. The van der Waals surface area contributed by atoms with E-state index in [2.05, 4.69) is 5.32 Å². The van der Waals surface area contributed by atoms with Crippen molar-refractivity contribution in [3.05, 3.63) is 27.8 Å². The molecule has 0 aliphatic rings. The number of amides is 1. The number of carbonyl (C=O) groups excluding carboxylic acids is 1. The van der Waals surface area contributed by atoms with Crippen molar-refractivity contribution >= 4 is 15.9 Å². The number of rotatable bonds is 5. The number of sulfonamides is 1. The van der Waals surface area contributed by atoms with Crippen LogP contribution >= 0.6 is 0 Å². The van der Waals surface area contributed by atoms with Crippen molar-refractivity contribution in [3.8, 4) is 0 Å². The van der Waals surface area contributed by atoms with Crippen molar-refractivity contribution in [2.75, 3.05) is 13.6 Å². The third kappa shape index (κ3) is 3.93. The Morgan fingerprint density at radius 2 is 1.35 bits per heavy atom. The van der Waals surface area contributed by atoms with Gasteiger partial charge in [0.15, 0.2) is 0 Å². The van der Waals surface area contributed by atoms with Crippen molar-refractivity contribution in [3.63, 3.8) is 0 Å². The molecular weight excluding hydrogens is 312 g/mol.